The van der Waals surface area contributed by atoms with Crippen LogP contribution in [0.1, 0.15) is 18.4 Å². The maximum atomic E-state index is 12.9. The molecule has 1 saturated carbocycles. The third kappa shape index (κ3) is 1.64. The van der Waals surface area contributed by atoms with Crippen LogP contribution in [-0.2, 0) is 5.41 Å². The summed E-state index contributed by atoms with van der Waals surface area (Å²) < 4.78 is 44.0. The molecular weight excluding hydrogens is 241 g/mol. The van der Waals surface area contributed by atoms with Crippen LogP contribution in [0.3, 0.4) is 0 Å². The van der Waals surface area contributed by atoms with Crippen molar-refractivity contribution in [3.05, 3.63) is 48.2 Å². The van der Waals surface area contributed by atoms with E-state index in [1.165, 1.54) is 0 Å². The highest BCUT2D eigenvalue weighted by Crippen LogP contribution is 2.58. The monoisotopic (exact) mass is 252 g/mol. The minimum Gasteiger partial charge on any atom is -0.464 e. The van der Waals surface area contributed by atoms with E-state index in [0.29, 0.717) is 11.3 Å². The molecule has 1 nitrogen and oxygen atoms in total. The molecule has 0 aliphatic heterocycles. The molecule has 0 unspecified atom stereocenters. The van der Waals surface area contributed by atoms with E-state index in [1.807, 2.05) is 0 Å². The first-order valence-corrected chi connectivity index (χ1v) is 5.74. The molecule has 0 N–H and O–H groups in total. The van der Waals surface area contributed by atoms with Crippen LogP contribution in [0.2, 0.25) is 0 Å². The van der Waals surface area contributed by atoms with Gasteiger partial charge in [0.1, 0.15) is 5.76 Å². The topological polar surface area (TPSA) is 13.1 Å². The fourth-order valence-electron chi connectivity index (χ4n) is 2.26. The number of furan rings is 1. The van der Waals surface area contributed by atoms with Gasteiger partial charge in [0.2, 0.25) is 0 Å². The number of halogens is 3. The average Bonchev–Trinajstić information content (AvgIpc) is 2.99. The highest BCUT2D eigenvalue weighted by molar-refractivity contribution is 5.58. The maximum Gasteiger partial charge on any atom is 0.398 e. The zero-order valence-corrected chi connectivity index (χ0v) is 9.50. The Bertz CT molecular complexity index is 533. The second-order valence-corrected chi connectivity index (χ2v) is 4.63. The first-order valence-electron chi connectivity index (χ1n) is 5.74. The molecule has 0 saturated heterocycles. The Morgan fingerprint density at radius 3 is 2.11 bits per heavy atom. The summed E-state index contributed by atoms with van der Waals surface area (Å²) in [6.45, 7) is 0. The van der Waals surface area contributed by atoms with Gasteiger partial charge in [-0.25, -0.2) is 0 Å². The van der Waals surface area contributed by atoms with Gasteiger partial charge in [-0.05, 0) is 30.5 Å². The molecule has 1 fully saturated rings. The van der Waals surface area contributed by atoms with Crippen LogP contribution in [0.5, 0.6) is 0 Å². The van der Waals surface area contributed by atoms with E-state index in [-0.39, 0.29) is 12.8 Å². The lowest BCUT2D eigenvalue weighted by Gasteiger charge is -2.19. The van der Waals surface area contributed by atoms with Gasteiger partial charge in [-0.1, -0.05) is 24.3 Å². The minimum atomic E-state index is -4.15. The van der Waals surface area contributed by atoms with Gasteiger partial charge in [0.15, 0.2) is 0 Å². The summed E-state index contributed by atoms with van der Waals surface area (Å²) in [6.07, 6.45) is -2.23. The van der Waals surface area contributed by atoms with Crippen molar-refractivity contribution in [3.8, 4) is 11.3 Å². The first-order chi connectivity index (χ1) is 8.53. The standard InChI is InChI=1S/C14H11F3O/c15-14(16,17)13(7-8-13)11-5-3-10(4-6-11)12-2-1-9-18-12/h1-6,9H,7-8H2. The molecule has 1 aliphatic rings. The summed E-state index contributed by atoms with van der Waals surface area (Å²) in [6, 6.07) is 10.0. The summed E-state index contributed by atoms with van der Waals surface area (Å²) in [4.78, 5) is 0. The number of benzene rings is 1. The van der Waals surface area contributed by atoms with Crippen molar-refractivity contribution in [2.45, 2.75) is 24.4 Å². The minimum absolute atomic E-state index is 0.191. The zero-order chi connectivity index (χ0) is 12.8. The smallest absolute Gasteiger partial charge is 0.398 e. The van der Waals surface area contributed by atoms with Gasteiger partial charge >= 0.3 is 6.18 Å². The molecule has 4 heteroatoms. The van der Waals surface area contributed by atoms with Gasteiger partial charge in [0, 0.05) is 5.56 Å². The van der Waals surface area contributed by atoms with Crippen molar-refractivity contribution >= 4 is 0 Å². The average molecular weight is 252 g/mol. The third-order valence-corrected chi connectivity index (χ3v) is 3.54. The molecule has 0 amide bonds. The predicted octanol–water partition coefficient (Wildman–Crippen LogP) is 4.54. The molecule has 0 atom stereocenters. The Hall–Kier alpha value is -1.71. The van der Waals surface area contributed by atoms with Gasteiger partial charge in [-0.2, -0.15) is 13.2 Å². The summed E-state index contributed by atoms with van der Waals surface area (Å²) in [5, 5.41) is 0. The highest BCUT2D eigenvalue weighted by Gasteiger charge is 2.64. The number of rotatable bonds is 2. The van der Waals surface area contributed by atoms with Crippen LogP contribution in [-0.4, -0.2) is 6.18 Å². The van der Waals surface area contributed by atoms with Crippen molar-refractivity contribution in [1.29, 1.82) is 0 Å². The van der Waals surface area contributed by atoms with E-state index in [2.05, 4.69) is 0 Å². The molecule has 1 aromatic heterocycles. The van der Waals surface area contributed by atoms with E-state index in [9.17, 15) is 13.2 Å². The number of alkyl halides is 3. The van der Waals surface area contributed by atoms with Gasteiger partial charge in [0.25, 0.3) is 0 Å². The molecule has 94 valence electrons. The number of hydrogen-bond donors (Lipinski definition) is 0. The molecule has 0 bridgehead atoms. The molecule has 1 aromatic carbocycles. The second-order valence-electron chi connectivity index (χ2n) is 4.63. The second kappa shape index (κ2) is 3.64. The molecule has 0 spiro atoms. The fourth-order valence-corrected chi connectivity index (χ4v) is 2.26. The molecule has 2 aromatic rings. The van der Waals surface area contributed by atoms with Gasteiger partial charge < -0.3 is 4.42 Å². The van der Waals surface area contributed by atoms with E-state index < -0.39 is 11.6 Å². The third-order valence-electron chi connectivity index (χ3n) is 3.54. The SMILES string of the molecule is FC(F)(F)C1(c2ccc(-c3ccco3)cc2)CC1. The molecule has 1 aliphatic carbocycles. The van der Waals surface area contributed by atoms with Crippen LogP contribution in [0.25, 0.3) is 11.3 Å². The lowest BCUT2D eigenvalue weighted by molar-refractivity contribution is -0.160. The van der Waals surface area contributed by atoms with E-state index in [1.54, 1.807) is 42.7 Å². The Balaban J connectivity index is 1.93. The summed E-state index contributed by atoms with van der Waals surface area (Å²) in [5.74, 6) is 0.665. The normalized spacial score (nSPS) is 17.7. The van der Waals surface area contributed by atoms with Gasteiger partial charge in [-0.15, -0.1) is 0 Å². The zero-order valence-electron chi connectivity index (χ0n) is 9.50. The van der Waals surface area contributed by atoms with Crippen LogP contribution >= 0.6 is 0 Å². The van der Waals surface area contributed by atoms with Crippen LogP contribution in [0.15, 0.2) is 47.1 Å². The lowest BCUT2D eigenvalue weighted by atomic mass is 9.94. The van der Waals surface area contributed by atoms with Crippen molar-refractivity contribution < 1.29 is 17.6 Å². The summed E-state index contributed by atoms with van der Waals surface area (Å²) >= 11 is 0. The van der Waals surface area contributed by atoms with E-state index >= 15 is 0 Å². The van der Waals surface area contributed by atoms with Crippen LogP contribution in [0.4, 0.5) is 13.2 Å². The van der Waals surface area contributed by atoms with Crippen molar-refractivity contribution in [2.24, 2.45) is 0 Å². The van der Waals surface area contributed by atoms with Crippen molar-refractivity contribution in [3.63, 3.8) is 0 Å². The maximum absolute atomic E-state index is 12.9. The first kappa shape index (κ1) is 11.4. The summed E-state index contributed by atoms with van der Waals surface area (Å²) in [7, 11) is 0. The molecule has 3 rings (SSSR count). The molecule has 18 heavy (non-hydrogen) atoms. The van der Waals surface area contributed by atoms with Gasteiger partial charge in [-0.3, -0.25) is 0 Å². The number of hydrogen-bond acceptors (Lipinski definition) is 1. The molecular formula is C14H11F3O. The van der Waals surface area contributed by atoms with Crippen molar-refractivity contribution in [1.82, 2.24) is 0 Å². The Morgan fingerprint density at radius 2 is 1.67 bits per heavy atom. The highest BCUT2D eigenvalue weighted by atomic mass is 19.4. The Kier molecular flexibility index (Phi) is 2.30. The fraction of sp³-hybridized carbons (Fsp3) is 0.286. The van der Waals surface area contributed by atoms with E-state index in [0.717, 1.165) is 5.56 Å². The van der Waals surface area contributed by atoms with Crippen molar-refractivity contribution in [2.75, 3.05) is 0 Å². The predicted molar refractivity (Wildman–Crippen MR) is 61.1 cm³/mol. The van der Waals surface area contributed by atoms with E-state index in [4.69, 9.17) is 4.42 Å². The van der Waals surface area contributed by atoms with Crippen LogP contribution < -0.4 is 0 Å². The summed E-state index contributed by atoms with van der Waals surface area (Å²) in [5.41, 5.74) is -0.457. The van der Waals surface area contributed by atoms with Gasteiger partial charge in [0.05, 0.1) is 11.7 Å². The molecule has 1 heterocycles. The Morgan fingerprint density at radius 1 is 1.00 bits per heavy atom. The largest absolute Gasteiger partial charge is 0.464 e. The Labute approximate surface area is 102 Å². The van der Waals surface area contributed by atoms with Crippen LogP contribution in [0, 0.1) is 0 Å². The molecule has 0 radical (unpaired) electrons. The lowest BCUT2D eigenvalue weighted by Crippen LogP contribution is -2.28. The quantitative estimate of drug-likeness (QED) is 0.764.